The van der Waals surface area contributed by atoms with Crippen molar-refractivity contribution in [3.8, 4) is 0 Å². The molecule has 6 nitrogen and oxygen atoms in total. The van der Waals surface area contributed by atoms with E-state index in [0.717, 1.165) is 31.6 Å². The van der Waals surface area contributed by atoms with Gasteiger partial charge in [0.25, 0.3) is 0 Å². The minimum Gasteiger partial charge on any atom is -0.390 e. The number of halogens is 6. The molecule has 0 fully saturated rings. The lowest BCUT2D eigenvalue weighted by Crippen LogP contribution is -2.20. The maximum absolute atomic E-state index is 12.4. The average molecular weight is 453 g/mol. The van der Waals surface area contributed by atoms with Crippen LogP contribution in [0.2, 0.25) is 0 Å². The van der Waals surface area contributed by atoms with Crippen LogP contribution in [0.5, 0.6) is 0 Å². The number of amides is 1. The second-order valence-corrected chi connectivity index (χ2v) is 6.78. The second kappa shape index (κ2) is 10.1. The molecule has 2 aromatic rings. The van der Waals surface area contributed by atoms with Gasteiger partial charge in [-0.05, 0) is 36.2 Å². The molecule has 0 aliphatic carbocycles. The molecule has 1 aliphatic heterocycles. The number of alkyl halides is 6. The minimum absolute atomic E-state index is 0.0406. The molecule has 3 rings (SSSR count). The summed E-state index contributed by atoms with van der Waals surface area (Å²) in [5.41, 5.74) is -1.17. The monoisotopic (exact) mass is 453 g/mol. The first-order valence-electron chi connectivity index (χ1n) is 9.11. The number of aryl methyl sites for hydroxylation is 1. The van der Waals surface area contributed by atoms with Crippen molar-refractivity contribution in [1.29, 1.82) is 0 Å². The topological polar surface area (TPSA) is 67.6 Å². The molecule has 0 spiro atoms. The maximum Gasteiger partial charge on any atom is 0.416 e. The molecule has 1 N–H and O–H groups in total. The molecular weight excluding hydrogens is 432 g/mol. The van der Waals surface area contributed by atoms with Gasteiger partial charge in [0, 0.05) is 20.2 Å². The van der Waals surface area contributed by atoms with Crippen LogP contribution in [0.1, 0.15) is 34.5 Å². The van der Waals surface area contributed by atoms with E-state index in [2.05, 4.69) is 9.84 Å². The average Bonchev–Trinajstić information content (AvgIpc) is 2.98. The zero-order valence-electron chi connectivity index (χ0n) is 16.5. The van der Waals surface area contributed by atoms with Gasteiger partial charge in [0.2, 0.25) is 6.41 Å². The van der Waals surface area contributed by atoms with Crippen LogP contribution >= 0.6 is 0 Å². The van der Waals surface area contributed by atoms with Crippen molar-refractivity contribution < 1.29 is 41.0 Å². The van der Waals surface area contributed by atoms with Crippen LogP contribution in [0.3, 0.4) is 0 Å². The van der Waals surface area contributed by atoms with E-state index in [-0.39, 0.29) is 24.8 Å². The molecule has 1 aromatic carbocycles. The molecule has 0 saturated heterocycles. The van der Waals surface area contributed by atoms with E-state index in [1.807, 2.05) is 10.7 Å². The summed E-state index contributed by atoms with van der Waals surface area (Å²) in [6, 6.07) is 3.21. The summed E-state index contributed by atoms with van der Waals surface area (Å²) in [5.74, 6) is 0. The molecule has 0 radical (unpaired) electrons. The Balaban J connectivity index is 0.000000224. The van der Waals surface area contributed by atoms with Crippen molar-refractivity contribution in [2.24, 2.45) is 0 Å². The van der Waals surface area contributed by atoms with Crippen molar-refractivity contribution in [3.05, 3.63) is 52.3 Å². The number of carbonyl (C=O) groups is 1. The fraction of sp³-hybridized carbons (Fsp3) is 0.474. The van der Waals surface area contributed by atoms with Crippen molar-refractivity contribution in [1.82, 2.24) is 14.7 Å². The van der Waals surface area contributed by atoms with Gasteiger partial charge in [-0.3, -0.25) is 9.48 Å². The van der Waals surface area contributed by atoms with Crippen LogP contribution in [0.4, 0.5) is 26.3 Å². The van der Waals surface area contributed by atoms with Gasteiger partial charge >= 0.3 is 12.4 Å². The van der Waals surface area contributed by atoms with Crippen molar-refractivity contribution in [2.45, 2.75) is 45.1 Å². The SMILES string of the molecule is COCc1cc(C(F)(F)F)cc(C(F)(F)F)c1.O=CN1CCCn2nc(CO)cc2C1. The van der Waals surface area contributed by atoms with Gasteiger partial charge in [-0.15, -0.1) is 0 Å². The highest BCUT2D eigenvalue weighted by Gasteiger charge is 2.36. The normalized spacial score (nSPS) is 14.4. The zero-order chi connectivity index (χ0) is 23.2. The molecule has 172 valence electrons. The third kappa shape index (κ3) is 6.96. The fourth-order valence-corrected chi connectivity index (χ4v) is 2.98. The van der Waals surface area contributed by atoms with Gasteiger partial charge in [0.05, 0.1) is 42.3 Å². The lowest BCUT2D eigenvalue weighted by molar-refractivity contribution is -0.143. The van der Waals surface area contributed by atoms with Crippen molar-refractivity contribution in [2.75, 3.05) is 13.7 Å². The number of nitrogens with zero attached hydrogens (tertiary/aromatic N) is 3. The highest BCUT2D eigenvalue weighted by Crippen LogP contribution is 2.36. The van der Waals surface area contributed by atoms with Crippen LogP contribution in [-0.2, 0) is 48.2 Å². The number of hydrogen-bond acceptors (Lipinski definition) is 4. The van der Waals surface area contributed by atoms with E-state index in [1.54, 1.807) is 4.90 Å². The molecule has 0 bridgehead atoms. The Morgan fingerprint density at radius 3 is 2.16 bits per heavy atom. The number of benzene rings is 1. The Hall–Kier alpha value is -2.60. The summed E-state index contributed by atoms with van der Waals surface area (Å²) in [6.45, 7) is 1.84. The first kappa shape index (κ1) is 24.7. The molecule has 0 unspecified atom stereocenters. The number of methoxy groups -OCH3 is 1. The van der Waals surface area contributed by atoms with Crippen LogP contribution in [0.25, 0.3) is 0 Å². The highest BCUT2D eigenvalue weighted by molar-refractivity contribution is 5.47. The van der Waals surface area contributed by atoms with E-state index < -0.39 is 23.5 Å². The van der Waals surface area contributed by atoms with Crippen LogP contribution < -0.4 is 0 Å². The number of aromatic nitrogens is 2. The Labute approximate surface area is 174 Å². The molecule has 0 atom stereocenters. The predicted molar refractivity (Wildman–Crippen MR) is 96.4 cm³/mol. The van der Waals surface area contributed by atoms with E-state index in [0.29, 0.717) is 24.4 Å². The molecule has 12 heteroatoms. The summed E-state index contributed by atoms with van der Waals surface area (Å²) >= 11 is 0. The number of hydrogen-bond donors (Lipinski definition) is 1. The van der Waals surface area contributed by atoms with E-state index in [1.165, 1.54) is 7.11 Å². The zero-order valence-corrected chi connectivity index (χ0v) is 16.5. The van der Waals surface area contributed by atoms with Gasteiger partial charge in [-0.1, -0.05) is 0 Å². The predicted octanol–water partition coefficient (Wildman–Crippen LogP) is 3.61. The summed E-state index contributed by atoms with van der Waals surface area (Å²) in [4.78, 5) is 12.4. The second-order valence-electron chi connectivity index (χ2n) is 6.78. The van der Waals surface area contributed by atoms with Crippen LogP contribution in [0, 0.1) is 0 Å². The molecule has 1 aromatic heterocycles. The third-order valence-electron chi connectivity index (χ3n) is 4.36. The Morgan fingerprint density at radius 1 is 1.06 bits per heavy atom. The maximum atomic E-state index is 12.4. The van der Waals surface area contributed by atoms with Gasteiger partial charge in [0.15, 0.2) is 0 Å². The van der Waals surface area contributed by atoms with Crippen molar-refractivity contribution >= 4 is 6.41 Å². The number of carbonyl (C=O) groups excluding carboxylic acids is 1. The van der Waals surface area contributed by atoms with Crippen LogP contribution in [-0.4, -0.2) is 39.9 Å². The number of ether oxygens (including phenoxy) is 1. The lowest BCUT2D eigenvalue weighted by Gasteiger charge is -2.13. The smallest absolute Gasteiger partial charge is 0.390 e. The molecule has 31 heavy (non-hydrogen) atoms. The summed E-state index contributed by atoms with van der Waals surface area (Å²) in [7, 11) is 1.19. The standard InChI is InChI=1S/C10H8F6O.C9H13N3O2/c1-17-5-6-2-7(9(11,12)13)4-8(3-6)10(14,15)16;13-6-8-4-9-5-11(7-14)2-1-3-12(9)10-8/h2-4H,5H2,1H3;4,7,13H,1-3,5-6H2. The van der Waals surface area contributed by atoms with Crippen molar-refractivity contribution in [3.63, 3.8) is 0 Å². The lowest BCUT2D eigenvalue weighted by atomic mass is 10.1. The van der Waals surface area contributed by atoms with E-state index >= 15 is 0 Å². The molecule has 0 saturated carbocycles. The minimum atomic E-state index is -4.82. The highest BCUT2D eigenvalue weighted by atomic mass is 19.4. The Bertz CT molecular complexity index is 847. The molecule has 1 aliphatic rings. The summed E-state index contributed by atoms with van der Waals surface area (Å²) < 4.78 is 80.6. The van der Waals surface area contributed by atoms with Gasteiger partial charge in [-0.2, -0.15) is 31.4 Å². The summed E-state index contributed by atoms with van der Waals surface area (Å²) in [6.07, 6.45) is -7.85. The quantitative estimate of drug-likeness (QED) is 0.568. The number of rotatable bonds is 4. The molecule has 2 heterocycles. The molecule has 1 amide bonds. The van der Waals surface area contributed by atoms with Crippen LogP contribution in [0.15, 0.2) is 24.3 Å². The largest absolute Gasteiger partial charge is 0.416 e. The number of aliphatic hydroxyl groups excluding tert-OH is 1. The van der Waals surface area contributed by atoms with Gasteiger partial charge < -0.3 is 14.7 Å². The molecular formula is C19H21F6N3O3. The van der Waals surface area contributed by atoms with Gasteiger partial charge in [-0.25, -0.2) is 0 Å². The number of fused-ring (bicyclic) bond motifs is 1. The first-order valence-corrected chi connectivity index (χ1v) is 9.11. The van der Waals surface area contributed by atoms with Gasteiger partial charge in [0.1, 0.15) is 0 Å². The fourth-order valence-electron chi connectivity index (χ4n) is 2.98. The van der Waals surface area contributed by atoms with E-state index in [4.69, 9.17) is 5.11 Å². The summed E-state index contributed by atoms with van der Waals surface area (Å²) in [5, 5.41) is 13.1. The number of aliphatic hydroxyl groups is 1. The Kier molecular flexibility index (Phi) is 8.07. The first-order chi connectivity index (χ1) is 14.5. The Morgan fingerprint density at radius 2 is 1.68 bits per heavy atom. The third-order valence-corrected chi connectivity index (χ3v) is 4.36. The van der Waals surface area contributed by atoms with E-state index in [9.17, 15) is 31.1 Å².